The first-order valence-electron chi connectivity index (χ1n) is 15.5. The Morgan fingerprint density at radius 2 is 1.79 bits per heavy atom. The van der Waals surface area contributed by atoms with Gasteiger partial charge in [0, 0.05) is 31.1 Å². The molecule has 238 valence electrons. The minimum absolute atomic E-state index is 0.00690. The number of carbonyl (C=O) groups excluding carboxylic acids is 4. The molecule has 43 heavy (non-hydrogen) atoms. The molecule has 2 spiro atoms. The predicted octanol–water partition coefficient (Wildman–Crippen LogP) is 0.800. The average Bonchev–Trinajstić information content (AvgIpc) is 3.02. The van der Waals surface area contributed by atoms with Gasteiger partial charge in [0.15, 0.2) is 5.60 Å². The molecule has 2 aliphatic carbocycles. The number of rotatable bonds is 4. The standard InChI is InChI=1S/C31H42O12/c1-12-9-16(40-25(12)36)22(39-14(3)32)13(2)20-23-28(20,6)7-8-29-21(24(35)31(23,38)43-29)15(33)10-17-27(4,5)41-18-11-19(34)42-30(17,18)26(29)37/h12-13,15-18,20-23,26,33,37-38H,7-11H2,1-6H3. The summed E-state index contributed by atoms with van der Waals surface area (Å²) in [5.41, 5.74) is -4.81. The highest BCUT2D eigenvalue weighted by atomic mass is 16.7. The maximum absolute atomic E-state index is 14.3. The van der Waals surface area contributed by atoms with Crippen LogP contribution in [0.3, 0.4) is 0 Å². The molecule has 2 saturated carbocycles. The number of aliphatic hydroxyl groups excluding tert-OH is 2. The van der Waals surface area contributed by atoms with Crippen molar-refractivity contribution in [1.82, 2.24) is 0 Å². The number of esters is 3. The molecule has 0 aromatic rings. The fraction of sp³-hybridized carbons (Fsp3) is 0.871. The minimum Gasteiger partial charge on any atom is -0.458 e. The van der Waals surface area contributed by atoms with E-state index in [1.54, 1.807) is 6.92 Å². The zero-order valence-electron chi connectivity index (χ0n) is 25.4. The van der Waals surface area contributed by atoms with Gasteiger partial charge in [-0.3, -0.25) is 19.2 Å². The van der Waals surface area contributed by atoms with Crippen LogP contribution in [0, 0.1) is 40.9 Å². The Morgan fingerprint density at radius 3 is 2.42 bits per heavy atom. The summed E-state index contributed by atoms with van der Waals surface area (Å²) in [6.07, 6.45) is -4.30. The molecule has 0 radical (unpaired) electrons. The van der Waals surface area contributed by atoms with E-state index in [2.05, 4.69) is 0 Å². The van der Waals surface area contributed by atoms with Gasteiger partial charge in [-0.05, 0) is 44.4 Å². The summed E-state index contributed by atoms with van der Waals surface area (Å²) in [5, 5.41) is 36.2. The summed E-state index contributed by atoms with van der Waals surface area (Å²) in [4.78, 5) is 51.3. The van der Waals surface area contributed by atoms with Crippen LogP contribution in [-0.4, -0.2) is 92.1 Å². The lowest BCUT2D eigenvalue weighted by Gasteiger charge is -2.45. The molecule has 0 aromatic carbocycles. The SMILES string of the molecule is CC(=O)OC(C1CC(C)C(=O)O1)C(C)C1C2C3(O)OC4(CCC12C)C(C3=O)C(O)CC1C(C)(C)OC2CC(=O)OC21C4O. The monoisotopic (exact) mass is 606 g/mol. The molecular weight excluding hydrogens is 564 g/mol. The van der Waals surface area contributed by atoms with Gasteiger partial charge in [0.25, 0.3) is 0 Å². The Morgan fingerprint density at radius 1 is 1.09 bits per heavy atom. The third-order valence-electron chi connectivity index (χ3n) is 12.4. The second kappa shape index (κ2) is 8.78. The number of fused-ring (bicyclic) bond motifs is 3. The summed E-state index contributed by atoms with van der Waals surface area (Å²) < 4.78 is 29.9. The first kappa shape index (κ1) is 29.6. The van der Waals surface area contributed by atoms with Crippen LogP contribution in [-0.2, 0) is 42.9 Å². The van der Waals surface area contributed by atoms with Crippen LogP contribution in [0.25, 0.3) is 0 Å². The highest BCUT2D eigenvalue weighted by molar-refractivity contribution is 5.93. The van der Waals surface area contributed by atoms with Crippen molar-refractivity contribution in [3.63, 3.8) is 0 Å². The van der Waals surface area contributed by atoms with Crippen LogP contribution < -0.4 is 0 Å². The van der Waals surface area contributed by atoms with Crippen LogP contribution in [0.1, 0.15) is 73.6 Å². The van der Waals surface area contributed by atoms with Gasteiger partial charge in [0.1, 0.15) is 30.0 Å². The van der Waals surface area contributed by atoms with Crippen LogP contribution in [0.2, 0.25) is 0 Å². The molecule has 12 heteroatoms. The molecular formula is C31H42O12. The molecule has 15 unspecified atom stereocenters. The molecule has 0 amide bonds. The van der Waals surface area contributed by atoms with Gasteiger partial charge < -0.3 is 39.0 Å². The first-order valence-corrected chi connectivity index (χ1v) is 15.5. The van der Waals surface area contributed by atoms with E-state index in [1.165, 1.54) is 6.92 Å². The summed E-state index contributed by atoms with van der Waals surface area (Å²) in [6, 6.07) is 0. The van der Waals surface area contributed by atoms with E-state index in [-0.39, 0.29) is 37.1 Å². The van der Waals surface area contributed by atoms with Crippen molar-refractivity contribution in [2.75, 3.05) is 0 Å². The second-order valence-corrected chi connectivity index (χ2v) is 15.1. The lowest BCUT2D eigenvalue weighted by atomic mass is 9.67. The van der Waals surface area contributed by atoms with Crippen molar-refractivity contribution in [1.29, 1.82) is 0 Å². The fourth-order valence-corrected chi connectivity index (χ4v) is 10.7. The van der Waals surface area contributed by atoms with E-state index < -0.39 is 99.9 Å². The Hall–Kier alpha value is -2.12. The number of carbonyl (C=O) groups is 4. The largest absolute Gasteiger partial charge is 0.458 e. The van der Waals surface area contributed by atoms with Crippen molar-refractivity contribution in [3.8, 4) is 0 Å². The number of Topliss-reactive ketones (excluding diaryl/α,β-unsaturated/α-hetero) is 1. The van der Waals surface area contributed by atoms with Gasteiger partial charge in [-0.15, -0.1) is 0 Å². The summed E-state index contributed by atoms with van der Waals surface area (Å²) >= 11 is 0. The zero-order valence-corrected chi connectivity index (χ0v) is 25.4. The van der Waals surface area contributed by atoms with Gasteiger partial charge in [0.2, 0.25) is 11.6 Å². The number of aliphatic hydroxyl groups is 3. The molecule has 0 aromatic heterocycles. The molecule has 5 saturated heterocycles. The average molecular weight is 607 g/mol. The molecule has 15 atom stereocenters. The molecule has 7 aliphatic rings. The van der Waals surface area contributed by atoms with Crippen molar-refractivity contribution in [2.24, 2.45) is 40.9 Å². The Bertz CT molecular complexity index is 1300. The van der Waals surface area contributed by atoms with E-state index in [0.717, 1.165) is 0 Å². The maximum atomic E-state index is 14.3. The van der Waals surface area contributed by atoms with Gasteiger partial charge in [-0.1, -0.05) is 20.8 Å². The number of ether oxygens (including phenoxy) is 5. The number of hydrogen-bond acceptors (Lipinski definition) is 12. The fourth-order valence-electron chi connectivity index (χ4n) is 10.7. The van der Waals surface area contributed by atoms with Crippen molar-refractivity contribution >= 4 is 23.7 Å². The first-order chi connectivity index (χ1) is 19.9. The lowest BCUT2D eigenvalue weighted by Crippen LogP contribution is -2.64. The number of cyclic esters (lactones) is 1. The van der Waals surface area contributed by atoms with Crippen LogP contribution in [0.15, 0.2) is 0 Å². The second-order valence-electron chi connectivity index (χ2n) is 15.1. The highest BCUT2D eigenvalue weighted by Gasteiger charge is 2.86. The molecule has 3 N–H and O–H groups in total. The molecule has 5 aliphatic heterocycles. The van der Waals surface area contributed by atoms with Crippen molar-refractivity contribution in [2.45, 2.75) is 127 Å². The van der Waals surface area contributed by atoms with Crippen LogP contribution in [0.4, 0.5) is 0 Å². The van der Waals surface area contributed by atoms with Crippen LogP contribution in [0.5, 0.6) is 0 Å². The molecule has 5 heterocycles. The third kappa shape index (κ3) is 3.55. The van der Waals surface area contributed by atoms with Crippen LogP contribution >= 0.6 is 0 Å². The van der Waals surface area contributed by atoms with E-state index in [4.69, 9.17) is 23.7 Å². The topological polar surface area (TPSA) is 175 Å². The van der Waals surface area contributed by atoms with E-state index >= 15 is 0 Å². The highest BCUT2D eigenvalue weighted by Crippen LogP contribution is 2.76. The van der Waals surface area contributed by atoms with Crippen molar-refractivity contribution in [3.05, 3.63) is 0 Å². The summed E-state index contributed by atoms with van der Waals surface area (Å²) in [6.45, 7) is 10.5. The Balaban J connectivity index is 1.26. The van der Waals surface area contributed by atoms with E-state index in [0.29, 0.717) is 12.8 Å². The molecule has 12 nitrogen and oxygen atoms in total. The van der Waals surface area contributed by atoms with E-state index in [1.807, 2.05) is 27.7 Å². The zero-order chi connectivity index (χ0) is 31.2. The number of hydrogen-bond donors (Lipinski definition) is 3. The Labute approximate surface area is 249 Å². The Kier molecular flexibility index (Phi) is 6.04. The smallest absolute Gasteiger partial charge is 0.309 e. The quantitative estimate of drug-likeness (QED) is 0.304. The van der Waals surface area contributed by atoms with E-state index in [9.17, 15) is 34.5 Å². The van der Waals surface area contributed by atoms with Crippen molar-refractivity contribution < 1.29 is 58.2 Å². The molecule has 7 fully saturated rings. The van der Waals surface area contributed by atoms with Gasteiger partial charge in [0.05, 0.1) is 30.0 Å². The minimum atomic E-state index is -2.35. The molecule has 2 bridgehead atoms. The third-order valence-corrected chi connectivity index (χ3v) is 12.4. The normalized spacial score (nSPS) is 53.8. The summed E-state index contributed by atoms with van der Waals surface area (Å²) in [7, 11) is 0. The van der Waals surface area contributed by atoms with Gasteiger partial charge in [-0.25, -0.2) is 0 Å². The van der Waals surface area contributed by atoms with Gasteiger partial charge >= 0.3 is 17.9 Å². The molecule has 7 rings (SSSR count). The lowest BCUT2D eigenvalue weighted by molar-refractivity contribution is -0.277. The predicted molar refractivity (Wildman–Crippen MR) is 142 cm³/mol. The summed E-state index contributed by atoms with van der Waals surface area (Å²) in [5.74, 6) is -8.26. The number of ketones is 1. The van der Waals surface area contributed by atoms with Gasteiger partial charge in [-0.2, -0.15) is 0 Å². The maximum Gasteiger partial charge on any atom is 0.309 e.